The van der Waals surface area contributed by atoms with Crippen LogP contribution in [0.1, 0.15) is 16.7 Å². The van der Waals surface area contributed by atoms with Crippen molar-refractivity contribution in [2.24, 2.45) is 5.73 Å². The average molecular weight is 273 g/mol. The van der Waals surface area contributed by atoms with Crippen molar-refractivity contribution in [3.63, 3.8) is 0 Å². The van der Waals surface area contributed by atoms with Gasteiger partial charge >= 0.3 is 0 Å². The fraction of sp³-hybridized carbons (Fsp3) is 0.214. The molecule has 0 spiro atoms. The van der Waals surface area contributed by atoms with Crippen LogP contribution in [-0.2, 0) is 6.54 Å². The van der Waals surface area contributed by atoms with Crippen LogP contribution in [0.2, 0.25) is 0 Å². The zero-order chi connectivity index (χ0) is 14.7. The van der Waals surface area contributed by atoms with E-state index in [1.54, 1.807) is 19.2 Å². The molecular formula is C14H15N3O3. The van der Waals surface area contributed by atoms with E-state index in [1.807, 2.05) is 13.0 Å². The number of benzene rings is 1. The Morgan fingerprint density at radius 1 is 1.30 bits per heavy atom. The number of ether oxygens (including phenoxy) is 1. The third-order valence-electron chi connectivity index (χ3n) is 2.90. The minimum absolute atomic E-state index is 0.0398. The Morgan fingerprint density at radius 3 is 2.60 bits per heavy atom. The molecule has 0 amide bonds. The molecule has 1 heterocycles. The summed E-state index contributed by atoms with van der Waals surface area (Å²) in [4.78, 5) is 14.5. The largest absolute Gasteiger partial charge is 0.438 e. The second-order valence-corrected chi connectivity index (χ2v) is 4.48. The molecule has 6 nitrogen and oxygen atoms in total. The molecule has 0 unspecified atom stereocenters. The summed E-state index contributed by atoms with van der Waals surface area (Å²) in [7, 11) is 0. The predicted molar refractivity (Wildman–Crippen MR) is 74.8 cm³/mol. The number of non-ortho nitro benzene ring substituents is 1. The zero-order valence-electron chi connectivity index (χ0n) is 11.3. The second kappa shape index (κ2) is 5.66. The molecule has 0 aliphatic carbocycles. The summed E-state index contributed by atoms with van der Waals surface area (Å²) in [6.07, 6.45) is 1.66. The fourth-order valence-corrected chi connectivity index (χ4v) is 1.80. The normalized spacial score (nSPS) is 10.3. The van der Waals surface area contributed by atoms with Crippen molar-refractivity contribution in [1.29, 1.82) is 0 Å². The molecule has 2 rings (SSSR count). The molecule has 0 saturated carbocycles. The quantitative estimate of drug-likeness (QED) is 0.683. The van der Waals surface area contributed by atoms with Crippen molar-refractivity contribution in [2.45, 2.75) is 20.4 Å². The summed E-state index contributed by atoms with van der Waals surface area (Å²) in [5, 5.41) is 10.7. The number of rotatable bonds is 4. The summed E-state index contributed by atoms with van der Waals surface area (Å²) < 4.78 is 5.70. The lowest BCUT2D eigenvalue weighted by molar-refractivity contribution is -0.384. The van der Waals surface area contributed by atoms with Crippen molar-refractivity contribution < 1.29 is 9.66 Å². The topological polar surface area (TPSA) is 91.3 Å². The van der Waals surface area contributed by atoms with Gasteiger partial charge in [-0.2, -0.15) is 0 Å². The minimum Gasteiger partial charge on any atom is -0.438 e. The van der Waals surface area contributed by atoms with E-state index >= 15 is 0 Å². The van der Waals surface area contributed by atoms with E-state index in [2.05, 4.69) is 4.98 Å². The van der Waals surface area contributed by atoms with E-state index in [0.717, 1.165) is 11.1 Å². The number of nitrogens with zero attached hydrogens (tertiary/aromatic N) is 2. The summed E-state index contributed by atoms with van der Waals surface area (Å²) in [5.74, 6) is 1.02. The van der Waals surface area contributed by atoms with Gasteiger partial charge < -0.3 is 10.5 Å². The molecule has 0 fully saturated rings. The van der Waals surface area contributed by atoms with E-state index in [-0.39, 0.29) is 5.69 Å². The van der Waals surface area contributed by atoms with Gasteiger partial charge in [-0.25, -0.2) is 4.98 Å². The van der Waals surface area contributed by atoms with Crippen molar-refractivity contribution in [1.82, 2.24) is 4.98 Å². The summed E-state index contributed by atoms with van der Waals surface area (Å²) in [5.41, 5.74) is 8.06. The zero-order valence-corrected chi connectivity index (χ0v) is 11.3. The maximum Gasteiger partial charge on any atom is 0.269 e. The Labute approximate surface area is 116 Å². The van der Waals surface area contributed by atoms with Crippen molar-refractivity contribution in [2.75, 3.05) is 0 Å². The maximum atomic E-state index is 10.7. The highest BCUT2D eigenvalue weighted by molar-refractivity contribution is 5.45. The Morgan fingerprint density at radius 2 is 2.05 bits per heavy atom. The minimum atomic E-state index is -0.434. The third kappa shape index (κ3) is 2.92. The van der Waals surface area contributed by atoms with Crippen LogP contribution in [0.25, 0.3) is 0 Å². The molecule has 104 valence electrons. The average Bonchev–Trinajstić information content (AvgIpc) is 2.42. The number of nitrogens with two attached hydrogens (primary N) is 1. The van der Waals surface area contributed by atoms with E-state index in [4.69, 9.17) is 10.5 Å². The summed E-state index contributed by atoms with van der Waals surface area (Å²) in [6.45, 7) is 4.05. The number of pyridine rings is 1. The van der Waals surface area contributed by atoms with E-state index in [1.165, 1.54) is 12.1 Å². The molecule has 1 aromatic carbocycles. The fourth-order valence-electron chi connectivity index (χ4n) is 1.80. The summed E-state index contributed by atoms with van der Waals surface area (Å²) in [6, 6.07) is 6.36. The molecule has 0 bridgehead atoms. The first-order valence-electron chi connectivity index (χ1n) is 6.09. The summed E-state index contributed by atoms with van der Waals surface area (Å²) >= 11 is 0. The van der Waals surface area contributed by atoms with Gasteiger partial charge in [0.2, 0.25) is 5.88 Å². The van der Waals surface area contributed by atoms with Crippen molar-refractivity contribution in [3.05, 3.63) is 57.3 Å². The SMILES string of the molecule is Cc1cc([N+](=O)[O-])ccc1Oc1ncc(CN)cc1C. The van der Waals surface area contributed by atoms with Gasteiger partial charge in [0.25, 0.3) is 5.69 Å². The third-order valence-corrected chi connectivity index (χ3v) is 2.90. The second-order valence-electron chi connectivity index (χ2n) is 4.48. The first-order valence-corrected chi connectivity index (χ1v) is 6.09. The molecule has 0 aliphatic rings. The number of nitro benzene ring substituents is 1. The van der Waals surface area contributed by atoms with Crippen LogP contribution in [0.3, 0.4) is 0 Å². The van der Waals surface area contributed by atoms with Crippen LogP contribution >= 0.6 is 0 Å². The molecule has 0 aliphatic heterocycles. The van der Waals surface area contributed by atoms with Gasteiger partial charge in [-0.15, -0.1) is 0 Å². The van der Waals surface area contributed by atoms with Crippen LogP contribution in [-0.4, -0.2) is 9.91 Å². The monoisotopic (exact) mass is 273 g/mol. The lowest BCUT2D eigenvalue weighted by Crippen LogP contribution is -2.00. The lowest BCUT2D eigenvalue weighted by Gasteiger charge is -2.10. The number of hydrogen-bond acceptors (Lipinski definition) is 5. The molecule has 6 heteroatoms. The highest BCUT2D eigenvalue weighted by Gasteiger charge is 2.11. The van der Waals surface area contributed by atoms with Crippen LogP contribution in [0, 0.1) is 24.0 Å². The first-order chi connectivity index (χ1) is 9.51. The van der Waals surface area contributed by atoms with E-state index in [0.29, 0.717) is 23.7 Å². The molecule has 20 heavy (non-hydrogen) atoms. The van der Waals surface area contributed by atoms with Gasteiger partial charge in [-0.3, -0.25) is 10.1 Å². The number of nitro groups is 1. The Balaban J connectivity index is 2.28. The highest BCUT2D eigenvalue weighted by atomic mass is 16.6. The highest BCUT2D eigenvalue weighted by Crippen LogP contribution is 2.28. The molecule has 2 aromatic rings. The molecule has 0 saturated heterocycles. The van der Waals surface area contributed by atoms with Gasteiger partial charge in [-0.05, 0) is 37.1 Å². The van der Waals surface area contributed by atoms with Crippen LogP contribution < -0.4 is 10.5 Å². The lowest BCUT2D eigenvalue weighted by atomic mass is 10.2. The van der Waals surface area contributed by atoms with Crippen LogP contribution in [0.4, 0.5) is 5.69 Å². The van der Waals surface area contributed by atoms with Crippen molar-refractivity contribution >= 4 is 5.69 Å². The van der Waals surface area contributed by atoms with E-state index < -0.39 is 4.92 Å². The predicted octanol–water partition coefficient (Wildman–Crippen LogP) is 2.86. The van der Waals surface area contributed by atoms with Gasteiger partial charge in [-0.1, -0.05) is 0 Å². The van der Waals surface area contributed by atoms with E-state index in [9.17, 15) is 10.1 Å². The Kier molecular flexibility index (Phi) is 3.95. The Hall–Kier alpha value is -2.47. The standard InChI is InChI=1S/C14H15N3O3/c1-9-6-12(17(18)19)3-4-13(9)20-14-10(2)5-11(7-15)8-16-14/h3-6,8H,7,15H2,1-2H3. The Bertz CT molecular complexity index is 656. The number of aryl methyl sites for hydroxylation is 2. The van der Waals surface area contributed by atoms with Gasteiger partial charge in [0.05, 0.1) is 4.92 Å². The molecule has 2 N–H and O–H groups in total. The van der Waals surface area contributed by atoms with Gasteiger partial charge in [0.15, 0.2) is 0 Å². The molecular weight excluding hydrogens is 258 g/mol. The first kappa shape index (κ1) is 14.0. The molecule has 1 aromatic heterocycles. The van der Waals surface area contributed by atoms with Gasteiger partial charge in [0.1, 0.15) is 5.75 Å². The van der Waals surface area contributed by atoms with Crippen LogP contribution in [0.5, 0.6) is 11.6 Å². The van der Waals surface area contributed by atoms with Crippen LogP contribution in [0.15, 0.2) is 30.5 Å². The smallest absolute Gasteiger partial charge is 0.269 e. The number of hydrogen-bond donors (Lipinski definition) is 1. The molecule has 0 radical (unpaired) electrons. The van der Waals surface area contributed by atoms with Crippen molar-refractivity contribution in [3.8, 4) is 11.6 Å². The van der Waals surface area contributed by atoms with Gasteiger partial charge in [0, 0.05) is 30.4 Å². The number of aromatic nitrogens is 1. The molecule has 0 atom stereocenters. The maximum absolute atomic E-state index is 10.7.